The highest BCUT2D eigenvalue weighted by Crippen LogP contribution is 2.32. The molecule has 1 saturated heterocycles. The van der Waals surface area contributed by atoms with Crippen molar-refractivity contribution in [3.05, 3.63) is 48.0 Å². The molecule has 2 aromatic carbocycles. The molecular formula is C28H38N4O4S2. The van der Waals surface area contributed by atoms with Gasteiger partial charge in [0.05, 0.1) is 21.7 Å². The fraction of sp³-hybridized carbons (Fsp3) is 0.500. The molecule has 0 radical (unpaired) electrons. The number of carbonyl (C=O) groups excluding carboxylic acids is 1. The van der Waals surface area contributed by atoms with E-state index in [0.717, 1.165) is 46.8 Å². The molecule has 10 heteroatoms. The minimum Gasteiger partial charge on any atom is -0.494 e. The lowest BCUT2D eigenvalue weighted by atomic mass is 10.2. The summed E-state index contributed by atoms with van der Waals surface area (Å²) in [5.41, 5.74) is 1.46. The van der Waals surface area contributed by atoms with Crippen LogP contribution in [0.15, 0.2) is 47.4 Å². The number of rotatable bonds is 12. The number of hydrogen-bond donors (Lipinski definition) is 0. The van der Waals surface area contributed by atoms with E-state index in [2.05, 4.69) is 18.7 Å². The monoisotopic (exact) mass is 558 g/mol. The number of carbonyl (C=O) groups is 1. The van der Waals surface area contributed by atoms with E-state index < -0.39 is 10.0 Å². The van der Waals surface area contributed by atoms with Crippen LogP contribution in [0.2, 0.25) is 0 Å². The Hall–Kier alpha value is -2.69. The maximum atomic E-state index is 13.2. The van der Waals surface area contributed by atoms with Crippen molar-refractivity contribution in [2.45, 2.75) is 51.3 Å². The van der Waals surface area contributed by atoms with Crippen LogP contribution in [0.25, 0.3) is 10.2 Å². The number of hydrogen-bond acceptors (Lipinski definition) is 7. The molecule has 1 aliphatic heterocycles. The zero-order valence-corrected chi connectivity index (χ0v) is 24.2. The molecule has 0 saturated carbocycles. The van der Waals surface area contributed by atoms with Crippen LogP contribution in [0.4, 0.5) is 5.13 Å². The Balaban J connectivity index is 1.38. The molecule has 206 valence electrons. The van der Waals surface area contributed by atoms with Crippen molar-refractivity contribution >= 4 is 42.6 Å². The Morgan fingerprint density at radius 2 is 1.63 bits per heavy atom. The molecule has 1 aliphatic rings. The Labute approximate surface area is 230 Å². The minimum absolute atomic E-state index is 0.0759. The molecule has 0 N–H and O–H groups in total. The molecule has 4 rings (SSSR count). The van der Waals surface area contributed by atoms with Gasteiger partial charge in [-0.3, -0.25) is 4.79 Å². The fourth-order valence-electron chi connectivity index (χ4n) is 4.51. The van der Waals surface area contributed by atoms with Crippen molar-refractivity contribution in [3.8, 4) is 5.75 Å². The van der Waals surface area contributed by atoms with Crippen molar-refractivity contribution in [2.24, 2.45) is 0 Å². The zero-order chi connectivity index (χ0) is 27.1. The summed E-state index contributed by atoms with van der Waals surface area (Å²) in [7, 11) is -3.58. The van der Waals surface area contributed by atoms with E-state index in [1.807, 2.05) is 30.0 Å². The van der Waals surface area contributed by atoms with Crippen LogP contribution >= 0.6 is 11.3 Å². The van der Waals surface area contributed by atoms with E-state index in [-0.39, 0.29) is 10.8 Å². The smallest absolute Gasteiger partial charge is 0.253 e. The lowest BCUT2D eigenvalue weighted by Crippen LogP contribution is -2.48. The van der Waals surface area contributed by atoms with Crippen LogP contribution < -0.4 is 9.64 Å². The van der Waals surface area contributed by atoms with E-state index >= 15 is 0 Å². The van der Waals surface area contributed by atoms with Gasteiger partial charge in [0.15, 0.2) is 5.13 Å². The zero-order valence-electron chi connectivity index (χ0n) is 22.6. The molecule has 0 unspecified atom stereocenters. The SMILES string of the molecule is CCCCN(CCCC)S(=O)(=O)c1ccc(C(=O)N2CCN(c3nc4ccc(OCC)cc4s3)CC2)cc1. The van der Waals surface area contributed by atoms with Gasteiger partial charge in [-0.25, -0.2) is 13.4 Å². The van der Waals surface area contributed by atoms with Gasteiger partial charge >= 0.3 is 0 Å². The van der Waals surface area contributed by atoms with Crippen molar-refractivity contribution < 1.29 is 17.9 Å². The molecule has 1 fully saturated rings. The highest BCUT2D eigenvalue weighted by atomic mass is 32.2. The average molecular weight is 559 g/mol. The van der Waals surface area contributed by atoms with Gasteiger partial charge < -0.3 is 14.5 Å². The summed E-state index contributed by atoms with van der Waals surface area (Å²) in [6, 6.07) is 12.4. The Morgan fingerprint density at radius 1 is 0.974 bits per heavy atom. The normalized spacial score (nSPS) is 14.4. The van der Waals surface area contributed by atoms with Crippen molar-refractivity contribution in [2.75, 3.05) is 50.8 Å². The maximum Gasteiger partial charge on any atom is 0.253 e. The first-order valence-electron chi connectivity index (χ1n) is 13.5. The number of fused-ring (bicyclic) bond motifs is 1. The van der Waals surface area contributed by atoms with Crippen LogP contribution in [-0.2, 0) is 10.0 Å². The third-order valence-corrected chi connectivity index (χ3v) is 9.75. The van der Waals surface area contributed by atoms with E-state index in [1.54, 1.807) is 39.9 Å². The van der Waals surface area contributed by atoms with Crippen LogP contribution in [0.1, 0.15) is 56.8 Å². The quantitative estimate of drug-likeness (QED) is 0.302. The second-order valence-electron chi connectivity index (χ2n) is 9.47. The van der Waals surface area contributed by atoms with Gasteiger partial charge in [0, 0.05) is 44.8 Å². The van der Waals surface area contributed by atoms with Gasteiger partial charge in [-0.15, -0.1) is 0 Å². The predicted octanol–water partition coefficient (Wildman–Crippen LogP) is 5.25. The standard InChI is InChI=1S/C28H38N4O4S2/c1-4-7-15-32(16-8-5-2)38(34,35)24-12-9-22(10-13-24)27(33)30-17-19-31(20-18-30)28-29-25-14-11-23(36-6-3)21-26(25)37-28/h9-14,21H,4-8,15-20H2,1-3H3. The van der Waals surface area contributed by atoms with Crippen molar-refractivity contribution in [1.29, 1.82) is 0 Å². The number of thiazole rings is 1. The van der Waals surface area contributed by atoms with E-state index in [0.29, 0.717) is 51.4 Å². The van der Waals surface area contributed by atoms with E-state index in [9.17, 15) is 13.2 Å². The van der Waals surface area contributed by atoms with Crippen LogP contribution in [0, 0.1) is 0 Å². The third-order valence-electron chi connectivity index (χ3n) is 6.76. The first kappa shape index (κ1) is 28.3. The molecule has 1 amide bonds. The summed E-state index contributed by atoms with van der Waals surface area (Å²) in [6.45, 7) is 10.3. The number of nitrogens with zero attached hydrogens (tertiary/aromatic N) is 4. The second kappa shape index (κ2) is 12.9. The number of aromatic nitrogens is 1. The van der Waals surface area contributed by atoms with Crippen LogP contribution in [0.5, 0.6) is 5.75 Å². The van der Waals surface area contributed by atoms with Gasteiger partial charge in [0.1, 0.15) is 5.75 Å². The Kier molecular flexibility index (Phi) is 9.62. The molecule has 0 atom stereocenters. The number of sulfonamides is 1. The number of anilines is 1. The van der Waals surface area contributed by atoms with Crippen molar-refractivity contribution in [3.63, 3.8) is 0 Å². The van der Waals surface area contributed by atoms with E-state index in [4.69, 9.17) is 9.72 Å². The number of ether oxygens (including phenoxy) is 1. The maximum absolute atomic E-state index is 13.2. The summed E-state index contributed by atoms with van der Waals surface area (Å²) in [5, 5.41) is 0.950. The van der Waals surface area contributed by atoms with E-state index in [1.165, 1.54) is 0 Å². The average Bonchev–Trinajstić information content (AvgIpc) is 3.36. The Bertz CT molecular complexity index is 1310. The van der Waals surface area contributed by atoms with Crippen molar-refractivity contribution in [1.82, 2.24) is 14.2 Å². The molecule has 2 heterocycles. The fourth-order valence-corrected chi connectivity index (χ4v) is 7.07. The number of benzene rings is 2. The summed E-state index contributed by atoms with van der Waals surface area (Å²) >= 11 is 1.64. The summed E-state index contributed by atoms with van der Waals surface area (Å²) < 4.78 is 34.7. The molecule has 3 aromatic rings. The number of unbranched alkanes of at least 4 members (excludes halogenated alkanes) is 2. The number of piperazine rings is 1. The lowest BCUT2D eigenvalue weighted by molar-refractivity contribution is 0.0746. The summed E-state index contributed by atoms with van der Waals surface area (Å²) in [6.07, 6.45) is 3.53. The molecule has 8 nitrogen and oxygen atoms in total. The molecule has 0 aliphatic carbocycles. The predicted molar refractivity (Wildman–Crippen MR) is 154 cm³/mol. The van der Waals surface area contributed by atoms with Gasteiger partial charge in [-0.2, -0.15) is 4.31 Å². The van der Waals surface area contributed by atoms with Gasteiger partial charge in [0.25, 0.3) is 5.91 Å². The highest BCUT2D eigenvalue weighted by Gasteiger charge is 2.26. The second-order valence-corrected chi connectivity index (χ2v) is 12.4. The Morgan fingerprint density at radius 3 is 2.24 bits per heavy atom. The lowest BCUT2D eigenvalue weighted by Gasteiger charge is -2.34. The third kappa shape index (κ3) is 6.47. The molecular weight excluding hydrogens is 520 g/mol. The van der Waals surface area contributed by atoms with Gasteiger partial charge in [-0.05, 0) is 62.2 Å². The van der Waals surface area contributed by atoms with Crippen LogP contribution in [0.3, 0.4) is 0 Å². The first-order chi connectivity index (χ1) is 18.4. The first-order valence-corrected chi connectivity index (χ1v) is 15.8. The van der Waals surface area contributed by atoms with Gasteiger partial charge in [-0.1, -0.05) is 38.0 Å². The van der Waals surface area contributed by atoms with Crippen LogP contribution in [-0.4, -0.2) is 74.4 Å². The largest absolute Gasteiger partial charge is 0.494 e. The minimum atomic E-state index is -3.58. The molecule has 1 aromatic heterocycles. The number of amides is 1. The molecule has 0 spiro atoms. The highest BCUT2D eigenvalue weighted by molar-refractivity contribution is 7.89. The summed E-state index contributed by atoms with van der Waals surface area (Å²) in [4.78, 5) is 22.2. The molecule has 38 heavy (non-hydrogen) atoms. The molecule has 0 bridgehead atoms. The van der Waals surface area contributed by atoms with Gasteiger partial charge in [0.2, 0.25) is 10.0 Å². The summed E-state index contributed by atoms with van der Waals surface area (Å²) in [5.74, 6) is 0.770. The topological polar surface area (TPSA) is 83.1 Å².